The molecule has 158 valence electrons. The van der Waals surface area contributed by atoms with Crippen LogP contribution in [0.3, 0.4) is 0 Å². The van der Waals surface area contributed by atoms with Crippen LogP contribution in [-0.4, -0.2) is 46.7 Å². The fourth-order valence-electron chi connectivity index (χ4n) is 4.38. The lowest BCUT2D eigenvalue weighted by Crippen LogP contribution is -2.45. The Hall–Kier alpha value is -2.70. The first kappa shape index (κ1) is 20.6. The summed E-state index contributed by atoms with van der Waals surface area (Å²) in [6.45, 7) is 1.97. The number of rotatable bonds is 7. The number of nitrogens with one attached hydrogen (secondary N) is 1. The van der Waals surface area contributed by atoms with Gasteiger partial charge in [0.2, 0.25) is 0 Å². The second kappa shape index (κ2) is 8.58. The van der Waals surface area contributed by atoms with E-state index in [1.165, 1.54) is 0 Å². The van der Waals surface area contributed by atoms with Gasteiger partial charge in [0.1, 0.15) is 11.6 Å². The van der Waals surface area contributed by atoms with Gasteiger partial charge in [0.15, 0.2) is 0 Å². The zero-order valence-electron chi connectivity index (χ0n) is 17.2. The van der Waals surface area contributed by atoms with Crippen LogP contribution in [0, 0.1) is 6.92 Å². The van der Waals surface area contributed by atoms with Gasteiger partial charge in [-0.15, -0.1) is 0 Å². The SMILES string of the molecule is Cc1ccc([C@@H](OC[C@@H](O)CN2C(=O)NC3(CCCC3)C2=O)c2ccccc2)cc1. The number of carbonyl (C=O) groups excluding carboxylic acids is 2. The first-order valence-electron chi connectivity index (χ1n) is 10.5. The number of aliphatic hydroxyl groups excluding tert-OH is 1. The molecule has 2 aliphatic rings. The van der Waals surface area contributed by atoms with Crippen LogP contribution < -0.4 is 5.32 Å². The third kappa shape index (κ3) is 4.11. The Balaban J connectivity index is 1.43. The van der Waals surface area contributed by atoms with Gasteiger partial charge in [0.05, 0.1) is 19.3 Å². The van der Waals surface area contributed by atoms with Crippen molar-refractivity contribution in [2.24, 2.45) is 0 Å². The minimum atomic E-state index is -0.965. The number of aliphatic hydroxyl groups is 1. The molecule has 2 atom stereocenters. The van der Waals surface area contributed by atoms with E-state index in [9.17, 15) is 14.7 Å². The van der Waals surface area contributed by atoms with Crippen molar-refractivity contribution in [3.8, 4) is 0 Å². The molecule has 1 aliphatic carbocycles. The molecule has 4 rings (SSSR count). The first-order valence-corrected chi connectivity index (χ1v) is 10.5. The van der Waals surface area contributed by atoms with E-state index in [-0.39, 0.29) is 25.2 Å². The van der Waals surface area contributed by atoms with Crippen molar-refractivity contribution >= 4 is 11.9 Å². The summed E-state index contributed by atoms with van der Waals surface area (Å²) in [5, 5.41) is 13.4. The molecular weight excluding hydrogens is 380 g/mol. The molecule has 0 unspecified atom stereocenters. The van der Waals surface area contributed by atoms with E-state index in [0.29, 0.717) is 12.8 Å². The van der Waals surface area contributed by atoms with Gasteiger partial charge < -0.3 is 15.2 Å². The van der Waals surface area contributed by atoms with Gasteiger partial charge in [0, 0.05) is 0 Å². The van der Waals surface area contributed by atoms with Crippen molar-refractivity contribution in [1.82, 2.24) is 10.2 Å². The second-order valence-electron chi connectivity index (χ2n) is 8.32. The molecule has 6 heteroatoms. The van der Waals surface area contributed by atoms with Gasteiger partial charge in [-0.1, -0.05) is 73.0 Å². The van der Waals surface area contributed by atoms with E-state index in [1.807, 2.05) is 61.5 Å². The van der Waals surface area contributed by atoms with Crippen molar-refractivity contribution < 1.29 is 19.4 Å². The van der Waals surface area contributed by atoms with Gasteiger partial charge in [0.25, 0.3) is 5.91 Å². The molecule has 1 saturated heterocycles. The van der Waals surface area contributed by atoms with Gasteiger partial charge in [-0.3, -0.25) is 9.69 Å². The minimum Gasteiger partial charge on any atom is -0.389 e. The van der Waals surface area contributed by atoms with Crippen LogP contribution in [0.2, 0.25) is 0 Å². The topological polar surface area (TPSA) is 78.9 Å². The van der Waals surface area contributed by atoms with Crippen LogP contribution in [-0.2, 0) is 9.53 Å². The van der Waals surface area contributed by atoms with Gasteiger partial charge in [-0.05, 0) is 30.9 Å². The average molecular weight is 408 g/mol. The Morgan fingerprint density at radius 1 is 1.03 bits per heavy atom. The number of hydrogen-bond acceptors (Lipinski definition) is 4. The number of hydrogen-bond donors (Lipinski definition) is 2. The molecule has 30 heavy (non-hydrogen) atoms. The molecule has 2 aromatic rings. The summed E-state index contributed by atoms with van der Waals surface area (Å²) in [6, 6.07) is 17.5. The lowest BCUT2D eigenvalue weighted by Gasteiger charge is -2.24. The smallest absolute Gasteiger partial charge is 0.325 e. The van der Waals surface area contributed by atoms with E-state index in [2.05, 4.69) is 5.32 Å². The third-order valence-electron chi connectivity index (χ3n) is 6.03. The van der Waals surface area contributed by atoms with Crippen LogP contribution in [0.25, 0.3) is 0 Å². The molecule has 1 saturated carbocycles. The van der Waals surface area contributed by atoms with Crippen LogP contribution in [0.4, 0.5) is 4.79 Å². The highest BCUT2D eigenvalue weighted by atomic mass is 16.5. The largest absolute Gasteiger partial charge is 0.389 e. The van der Waals surface area contributed by atoms with Crippen LogP contribution >= 0.6 is 0 Å². The van der Waals surface area contributed by atoms with Crippen molar-refractivity contribution in [3.05, 3.63) is 71.3 Å². The Morgan fingerprint density at radius 2 is 1.67 bits per heavy atom. The van der Waals surface area contributed by atoms with E-state index >= 15 is 0 Å². The number of benzene rings is 2. The zero-order chi connectivity index (χ0) is 21.1. The van der Waals surface area contributed by atoms with Gasteiger partial charge in [-0.25, -0.2) is 4.79 Å². The van der Waals surface area contributed by atoms with Crippen molar-refractivity contribution in [2.45, 2.75) is 50.4 Å². The van der Waals surface area contributed by atoms with Crippen molar-refractivity contribution in [3.63, 3.8) is 0 Å². The Bertz CT molecular complexity index is 891. The van der Waals surface area contributed by atoms with E-state index < -0.39 is 17.7 Å². The third-order valence-corrected chi connectivity index (χ3v) is 6.03. The molecule has 2 N–H and O–H groups in total. The summed E-state index contributed by atoms with van der Waals surface area (Å²) in [7, 11) is 0. The second-order valence-corrected chi connectivity index (χ2v) is 8.32. The van der Waals surface area contributed by atoms with Crippen LogP contribution in [0.1, 0.15) is 48.5 Å². The number of β-amino-alcohol motifs (C(OH)–C–C–N with tert-alkyl or cyclic N) is 1. The molecule has 1 spiro atoms. The molecule has 0 radical (unpaired) electrons. The summed E-state index contributed by atoms with van der Waals surface area (Å²) in [5.74, 6) is -0.220. The maximum Gasteiger partial charge on any atom is 0.325 e. The molecule has 0 bridgehead atoms. The molecule has 0 aromatic heterocycles. The Morgan fingerprint density at radius 3 is 2.33 bits per heavy atom. The maximum absolute atomic E-state index is 12.8. The molecular formula is C24H28N2O4. The monoisotopic (exact) mass is 408 g/mol. The lowest BCUT2D eigenvalue weighted by atomic mass is 9.98. The van der Waals surface area contributed by atoms with E-state index in [0.717, 1.165) is 34.4 Å². The molecule has 1 heterocycles. The number of carbonyl (C=O) groups is 2. The molecule has 1 aliphatic heterocycles. The quantitative estimate of drug-likeness (QED) is 0.689. The van der Waals surface area contributed by atoms with Crippen LogP contribution in [0.15, 0.2) is 54.6 Å². The summed E-state index contributed by atoms with van der Waals surface area (Å²) < 4.78 is 6.09. The highest BCUT2D eigenvalue weighted by Crippen LogP contribution is 2.35. The maximum atomic E-state index is 12.8. The fourth-order valence-corrected chi connectivity index (χ4v) is 4.38. The normalized spacial score (nSPS) is 19.9. The number of imide groups is 1. The average Bonchev–Trinajstić information content (AvgIpc) is 3.31. The standard InChI is InChI=1S/C24H28N2O4/c1-17-9-11-19(12-10-17)21(18-7-3-2-4-8-18)30-16-20(27)15-26-22(28)24(25-23(26)29)13-5-6-14-24/h2-4,7-12,20-21,27H,5-6,13-16H2,1H3,(H,25,29)/t20-,21-/m0/s1. The first-order chi connectivity index (χ1) is 14.5. The van der Waals surface area contributed by atoms with Gasteiger partial charge in [-0.2, -0.15) is 0 Å². The Kier molecular flexibility index (Phi) is 5.88. The predicted octanol–water partition coefficient (Wildman–Crippen LogP) is 3.33. The minimum absolute atomic E-state index is 0.0114. The number of urea groups is 1. The molecule has 2 aromatic carbocycles. The lowest BCUT2D eigenvalue weighted by molar-refractivity contribution is -0.132. The molecule has 3 amide bonds. The summed E-state index contributed by atoms with van der Waals surface area (Å²) in [5.41, 5.74) is 2.36. The summed E-state index contributed by atoms with van der Waals surface area (Å²) in [4.78, 5) is 26.3. The highest BCUT2D eigenvalue weighted by Gasteiger charge is 2.52. The predicted molar refractivity (Wildman–Crippen MR) is 113 cm³/mol. The number of amides is 3. The van der Waals surface area contributed by atoms with E-state index in [1.54, 1.807) is 0 Å². The summed E-state index contributed by atoms with van der Waals surface area (Å²) >= 11 is 0. The number of nitrogens with zero attached hydrogens (tertiary/aromatic N) is 1. The fraction of sp³-hybridized carbons (Fsp3) is 0.417. The zero-order valence-corrected chi connectivity index (χ0v) is 17.2. The molecule has 6 nitrogen and oxygen atoms in total. The Labute approximate surface area is 176 Å². The van der Waals surface area contributed by atoms with Crippen molar-refractivity contribution in [2.75, 3.05) is 13.2 Å². The van der Waals surface area contributed by atoms with E-state index in [4.69, 9.17) is 4.74 Å². The number of ether oxygens (including phenoxy) is 1. The molecule has 2 fully saturated rings. The van der Waals surface area contributed by atoms with Crippen LogP contribution in [0.5, 0.6) is 0 Å². The highest BCUT2D eigenvalue weighted by molar-refractivity contribution is 6.07. The number of aryl methyl sites for hydroxylation is 1. The van der Waals surface area contributed by atoms with Crippen molar-refractivity contribution in [1.29, 1.82) is 0 Å². The van der Waals surface area contributed by atoms with Gasteiger partial charge >= 0.3 is 6.03 Å². The summed E-state index contributed by atoms with van der Waals surface area (Å²) in [6.07, 6.45) is 1.90.